The number of aliphatic imine (C=N–C) groups is 1. The zero-order valence-electron chi connectivity index (χ0n) is 11.3. The Morgan fingerprint density at radius 1 is 1.76 bits per heavy atom. The topological polar surface area (TPSA) is 77.0 Å². The van der Waals surface area contributed by atoms with Crippen molar-refractivity contribution in [2.75, 3.05) is 18.0 Å². The number of thiocarbonyl (C=S) groups is 1. The first kappa shape index (κ1) is 16.2. The molecule has 0 aliphatic carbocycles. The second-order valence-electron chi connectivity index (χ2n) is 4.53. The number of amidine groups is 1. The quantitative estimate of drug-likeness (QED) is 0.688. The maximum absolute atomic E-state index is 11.4. The molecule has 0 spiro atoms. The molecule has 1 aliphatic heterocycles. The van der Waals surface area contributed by atoms with Crippen LogP contribution in [0.4, 0.5) is 9.80 Å². The van der Waals surface area contributed by atoms with Crippen molar-refractivity contribution >= 4 is 61.5 Å². The minimum absolute atomic E-state index is 0.00731. The number of carboxylic acid groups (broad SMARTS) is 1. The van der Waals surface area contributed by atoms with Crippen molar-refractivity contribution in [3.8, 4) is 0 Å². The summed E-state index contributed by atoms with van der Waals surface area (Å²) in [6.45, 7) is 3.59. The van der Waals surface area contributed by atoms with E-state index in [-0.39, 0.29) is 11.2 Å². The maximum Gasteiger partial charge on any atom is 0.418 e. The highest BCUT2D eigenvalue weighted by Crippen LogP contribution is 2.28. The summed E-state index contributed by atoms with van der Waals surface area (Å²) in [4.78, 5) is 16.8. The van der Waals surface area contributed by atoms with E-state index in [1.807, 2.05) is 12.3 Å². The molecule has 1 atom stereocenters. The van der Waals surface area contributed by atoms with Gasteiger partial charge in [-0.1, -0.05) is 0 Å². The Morgan fingerprint density at radius 3 is 3.05 bits per heavy atom. The van der Waals surface area contributed by atoms with Crippen LogP contribution < -0.4 is 15.5 Å². The van der Waals surface area contributed by atoms with Gasteiger partial charge in [-0.15, -0.1) is 11.3 Å². The minimum atomic E-state index is -1.11. The molecule has 0 bridgehead atoms. The summed E-state index contributed by atoms with van der Waals surface area (Å²) in [5, 5.41) is 18.1. The molecule has 0 fully saturated rings. The minimum Gasteiger partial charge on any atom is -0.464 e. The van der Waals surface area contributed by atoms with Gasteiger partial charge in [0.2, 0.25) is 0 Å². The van der Waals surface area contributed by atoms with Gasteiger partial charge in [-0.05, 0) is 41.1 Å². The number of hydrogen-bond donors (Lipinski definition) is 3. The zero-order chi connectivity index (χ0) is 15.4. The van der Waals surface area contributed by atoms with Crippen molar-refractivity contribution < 1.29 is 9.90 Å². The lowest BCUT2D eigenvalue weighted by molar-refractivity contribution is 0.205. The van der Waals surface area contributed by atoms with E-state index < -0.39 is 6.09 Å². The Kier molecular flexibility index (Phi) is 5.54. The van der Waals surface area contributed by atoms with Crippen LogP contribution in [-0.4, -0.2) is 41.3 Å². The van der Waals surface area contributed by atoms with Crippen molar-refractivity contribution in [2.45, 2.75) is 19.4 Å². The van der Waals surface area contributed by atoms with Gasteiger partial charge in [0.25, 0.3) is 0 Å². The molecule has 0 saturated carbocycles. The van der Waals surface area contributed by atoms with Crippen molar-refractivity contribution in [2.24, 2.45) is 4.99 Å². The van der Waals surface area contributed by atoms with Gasteiger partial charge in [0.05, 0.1) is 12.4 Å². The number of rotatable bonds is 4. The number of carbonyl (C=O) groups is 1. The smallest absolute Gasteiger partial charge is 0.418 e. The molecule has 1 unspecified atom stereocenters. The summed E-state index contributed by atoms with van der Waals surface area (Å²) in [5.41, 5.74) is 0. The number of thiophene rings is 1. The normalized spacial score (nSPS) is 15.0. The highest BCUT2D eigenvalue weighted by molar-refractivity contribution is 9.10. The Morgan fingerprint density at radius 2 is 2.52 bits per heavy atom. The van der Waals surface area contributed by atoms with E-state index in [9.17, 15) is 9.90 Å². The Labute approximate surface area is 140 Å². The monoisotopic (exact) mass is 390 g/mol. The molecule has 2 heterocycles. The third kappa shape index (κ3) is 4.39. The molecule has 6 nitrogen and oxygen atoms in total. The summed E-state index contributed by atoms with van der Waals surface area (Å²) in [7, 11) is 0. The van der Waals surface area contributed by atoms with E-state index in [1.165, 1.54) is 11.3 Å². The third-order valence-electron chi connectivity index (χ3n) is 2.78. The van der Waals surface area contributed by atoms with Gasteiger partial charge in [-0.25, -0.2) is 9.69 Å². The number of hydrogen-bond acceptors (Lipinski definition) is 5. The van der Waals surface area contributed by atoms with Gasteiger partial charge >= 0.3 is 6.09 Å². The average molecular weight is 391 g/mol. The highest BCUT2D eigenvalue weighted by Gasteiger charge is 2.23. The molecule has 1 amide bonds. The average Bonchev–Trinajstić information content (AvgIpc) is 3.01. The molecule has 0 aromatic carbocycles. The van der Waals surface area contributed by atoms with Crippen LogP contribution in [0.15, 0.2) is 20.9 Å². The van der Waals surface area contributed by atoms with E-state index in [4.69, 9.17) is 12.2 Å². The second kappa shape index (κ2) is 7.19. The van der Waals surface area contributed by atoms with Crippen LogP contribution in [0.2, 0.25) is 0 Å². The molecule has 0 radical (unpaired) electrons. The predicted octanol–water partition coefficient (Wildman–Crippen LogP) is 2.65. The molecule has 0 saturated heterocycles. The molecular weight excluding hydrogens is 376 g/mol. The Bertz CT molecular complexity index is 575. The fourth-order valence-corrected chi connectivity index (χ4v) is 3.76. The van der Waals surface area contributed by atoms with E-state index >= 15 is 0 Å². The molecule has 3 N–H and O–H groups in total. The van der Waals surface area contributed by atoms with Gasteiger partial charge in [0.15, 0.2) is 5.11 Å². The molecule has 114 valence electrons. The van der Waals surface area contributed by atoms with Gasteiger partial charge in [-0.2, -0.15) is 0 Å². The molecule has 1 aliphatic rings. The van der Waals surface area contributed by atoms with Crippen LogP contribution in [-0.2, 0) is 0 Å². The standard InChI is InChI=1S/C12H15BrN4O2S2/c1-7(4-9-14-2-3-15-9)16-11(20)17(12(18)19)10-5-8(13)6-21-10/h5-7H,2-4H2,1H3,(H,14,15)(H,16,20)(H,18,19). The van der Waals surface area contributed by atoms with Crippen LogP contribution in [0.5, 0.6) is 0 Å². The van der Waals surface area contributed by atoms with E-state index in [1.54, 1.807) is 6.07 Å². The van der Waals surface area contributed by atoms with E-state index in [2.05, 4.69) is 31.6 Å². The molecular formula is C12H15BrN4O2S2. The van der Waals surface area contributed by atoms with Crippen LogP contribution in [0.3, 0.4) is 0 Å². The van der Waals surface area contributed by atoms with Gasteiger partial charge in [0, 0.05) is 28.9 Å². The Hall–Kier alpha value is -1.19. The lowest BCUT2D eigenvalue weighted by Crippen LogP contribution is -2.47. The largest absolute Gasteiger partial charge is 0.464 e. The highest BCUT2D eigenvalue weighted by atomic mass is 79.9. The number of halogens is 1. The van der Waals surface area contributed by atoms with E-state index in [0.717, 1.165) is 28.3 Å². The fraction of sp³-hybridized carbons (Fsp3) is 0.417. The lowest BCUT2D eigenvalue weighted by Gasteiger charge is -2.22. The van der Waals surface area contributed by atoms with Crippen molar-refractivity contribution in [1.82, 2.24) is 10.6 Å². The summed E-state index contributed by atoms with van der Waals surface area (Å²) < 4.78 is 0.828. The number of nitrogens with zero attached hydrogens (tertiary/aromatic N) is 2. The number of anilines is 1. The van der Waals surface area contributed by atoms with Crippen LogP contribution in [0, 0.1) is 0 Å². The van der Waals surface area contributed by atoms with Crippen LogP contribution >= 0.6 is 39.5 Å². The zero-order valence-corrected chi connectivity index (χ0v) is 14.5. The lowest BCUT2D eigenvalue weighted by atomic mass is 10.2. The summed E-state index contributed by atoms with van der Waals surface area (Å²) in [6, 6.07) is 1.71. The predicted molar refractivity (Wildman–Crippen MR) is 92.6 cm³/mol. The van der Waals surface area contributed by atoms with E-state index in [0.29, 0.717) is 11.4 Å². The molecule has 1 aromatic rings. The first-order valence-corrected chi connectivity index (χ1v) is 8.40. The van der Waals surface area contributed by atoms with Crippen molar-refractivity contribution in [3.63, 3.8) is 0 Å². The molecule has 1 aromatic heterocycles. The number of amides is 1. The SMILES string of the molecule is CC(CC1=NCCN1)NC(=S)N(C(=O)O)c1cc(Br)cs1. The van der Waals surface area contributed by atoms with Crippen LogP contribution in [0.25, 0.3) is 0 Å². The van der Waals surface area contributed by atoms with Gasteiger partial charge < -0.3 is 15.7 Å². The first-order chi connectivity index (χ1) is 9.97. The van der Waals surface area contributed by atoms with Crippen molar-refractivity contribution in [3.05, 3.63) is 15.9 Å². The Balaban J connectivity index is 2.00. The first-order valence-electron chi connectivity index (χ1n) is 6.32. The summed E-state index contributed by atoms with van der Waals surface area (Å²) in [6.07, 6.45) is -0.424. The maximum atomic E-state index is 11.4. The van der Waals surface area contributed by atoms with Crippen LogP contribution in [0.1, 0.15) is 13.3 Å². The van der Waals surface area contributed by atoms with Gasteiger partial charge in [-0.3, -0.25) is 4.99 Å². The summed E-state index contributed by atoms with van der Waals surface area (Å²) >= 11 is 9.85. The molecule has 2 rings (SSSR count). The third-order valence-corrected chi connectivity index (χ3v) is 4.76. The molecule has 9 heteroatoms. The summed E-state index contributed by atoms with van der Waals surface area (Å²) in [5.74, 6) is 0.929. The van der Waals surface area contributed by atoms with Crippen molar-refractivity contribution in [1.29, 1.82) is 0 Å². The van der Waals surface area contributed by atoms with Gasteiger partial charge in [0.1, 0.15) is 5.00 Å². The fourth-order valence-electron chi connectivity index (χ4n) is 1.90. The second-order valence-corrected chi connectivity index (χ2v) is 6.72. The number of nitrogens with one attached hydrogen (secondary N) is 2. The molecule has 21 heavy (non-hydrogen) atoms.